The summed E-state index contributed by atoms with van der Waals surface area (Å²) >= 11 is 1.73. The number of rotatable bonds is 5. The van der Waals surface area contributed by atoms with Crippen LogP contribution in [-0.2, 0) is 11.8 Å². The van der Waals surface area contributed by atoms with Gasteiger partial charge in [-0.15, -0.1) is 11.3 Å². The highest BCUT2D eigenvalue weighted by Crippen LogP contribution is 2.25. The van der Waals surface area contributed by atoms with Crippen LogP contribution in [0.25, 0.3) is 0 Å². The highest BCUT2D eigenvalue weighted by molar-refractivity contribution is 7.10. The standard InChI is InChI=1S/C16H22N4O2S/c1-12-13(10-18-19(12)2)16(21)17-11-14(15-4-3-9-23-15)20-5-7-22-8-6-20/h3-4,9-10,14H,5-8,11H2,1-2H3,(H,17,21)/t14-/m1/s1. The predicted molar refractivity (Wildman–Crippen MR) is 89.7 cm³/mol. The van der Waals surface area contributed by atoms with Gasteiger partial charge in [0.15, 0.2) is 0 Å². The third kappa shape index (κ3) is 3.63. The molecule has 3 rings (SSSR count). The van der Waals surface area contributed by atoms with Crippen molar-refractivity contribution in [3.63, 3.8) is 0 Å². The lowest BCUT2D eigenvalue weighted by atomic mass is 10.1. The number of hydrogen-bond acceptors (Lipinski definition) is 5. The van der Waals surface area contributed by atoms with Gasteiger partial charge in [0.2, 0.25) is 0 Å². The van der Waals surface area contributed by atoms with Crippen LogP contribution in [0.1, 0.15) is 27.0 Å². The van der Waals surface area contributed by atoms with Crippen molar-refractivity contribution in [1.82, 2.24) is 20.0 Å². The van der Waals surface area contributed by atoms with E-state index in [0.29, 0.717) is 12.1 Å². The molecule has 1 aliphatic heterocycles. The van der Waals surface area contributed by atoms with Crippen LogP contribution in [0.15, 0.2) is 23.7 Å². The third-order valence-electron chi connectivity index (χ3n) is 4.29. The number of aryl methyl sites for hydroxylation is 1. The van der Waals surface area contributed by atoms with Gasteiger partial charge in [-0.25, -0.2) is 0 Å². The lowest BCUT2D eigenvalue weighted by molar-refractivity contribution is 0.0169. The summed E-state index contributed by atoms with van der Waals surface area (Å²) in [5.74, 6) is -0.0644. The fraction of sp³-hybridized carbons (Fsp3) is 0.500. The van der Waals surface area contributed by atoms with Crippen LogP contribution in [0.2, 0.25) is 0 Å². The number of carbonyl (C=O) groups is 1. The van der Waals surface area contributed by atoms with Gasteiger partial charge < -0.3 is 10.1 Å². The number of carbonyl (C=O) groups excluding carboxylic acids is 1. The summed E-state index contributed by atoms with van der Waals surface area (Å²) in [4.78, 5) is 16.1. The number of nitrogens with zero attached hydrogens (tertiary/aromatic N) is 3. The van der Waals surface area contributed by atoms with Crippen LogP contribution in [0.4, 0.5) is 0 Å². The minimum Gasteiger partial charge on any atom is -0.379 e. The van der Waals surface area contributed by atoms with Gasteiger partial charge in [0.1, 0.15) is 0 Å². The molecule has 2 aromatic rings. The average Bonchev–Trinajstić information content (AvgIpc) is 3.20. The van der Waals surface area contributed by atoms with Crippen LogP contribution < -0.4 is 5.32 Å². The first-order valence-corrected chi connectivity index (χ1v) is 8.67. The molecule has 0 radical (unpaired) electrons. The van der Waals surface area contributed by atoms with E-state index >= 15 is 0 Å². The highest BCUT2D eigenvalue weighted by Gasteiger charge is 2.24. The topological polar surface area (TPSA) is 59.4 Å². The van der Waals surface area contributed by atoms with Crippen molar-refractivity contribution in [2.45, 2.75) is 13.0 Å². The van der Waals surface area contributed by atoms with Gasteiger partial charge in [-0.2, -0.15) is 5.10 Å². The lowest BCUT2D eigenvalue weighted by Gasteiger charge is -2.34. The van der Waals surface area contributed by atoms with Gasteiger partial charge in [-0.05, 0) is 18.4 Å². The Balaban J connectivity index is 1.69. The molecule has 6 nitrogen and oxygen atoms in total. The second-order valence-corrected chi connectivity index (χ2v) is 6.64. The molecular formula is C16H22N4O2S. The van der Waals surface area contributed by atoms with Gasteiger partial charge >= 0.3 is 0 Å². The van der Waals surface area contributed by atoms with Gasteiger partial charge in [-0.3, -0.25) is 14.4 Å². The minimum absolute atomic E-state index is 0.0644. The first kappa shape index (κ1) is 16.2. The summed E-state index contributed by atoms with van der Waals surface area (Å²) in [7, 11) is 1.84. The minimum atomic E-state index is -0.0644. The van der Waals surface area contributed by atoms with E-state index in [1.807, 2.05) is 14.0 Å². The van der Waals surface area contributed by atoms with E-state index in [4.69, 9.17) is 4.74 Å². The van der Waals surface area contributed by atoms with Crippen LogP contribution >= 0.6 is 11.3 Å². The molecule has 1 amide bonds. The van der Waals surface area contributed by atoms with E-state index in [-0.39, 0.29) is 11.9 Å². The zero-order valence-electron chi connectivity index (χ0n) is 13.5. The van der Waals surface area contributed by atoms with Crippen molar-refractivity contribution >= 4 is 17.2 Å². The van der Waals surface area contributed by atoms with Crippen molar-refractivity contribution in [3.8, 4) is 0 Å². The molecule has 0 aliphatic carbocycles. The largest absolute Gasteiger partial charge is 0.379 e. The molecule has 0 aromatic carbocycles. The maximum Gasteiger partial charge on any atom is 0.254 e. The zero-order valence-corrected chi connectivity index (χ0v) is 14.3. The molecule has 0 bridgehead atoms. The zero-order chi connectivity index (χ0) is 16.2. The first-order valence-electron chi connectivity index (χ1n) is 7.79. The number of thiophene rings is 1. The van der Waals surface area contributed by atoms with E-state index in [1.165, 1.54) is 4.88 Å². The summed E-state index contributed by atoms with van der Waals surface area (Å²) in [5.41, 5.74) is 1.51. The Bertz CT molecular complexity index is 647. The summed E-state index contributed by atoms with van der Waals surface area (Å²) in [6.45, 7) is 5.78. The molecule has 0 saturated carbocycles. The molecule has 23 heavy (non-hydrogen) atoms. The average molecular weight is 334 g/mol. The monoisotopic (exact) mass is 334 g/mol. The molecule has 1 fully saturated rings. The van der Waals surface area contributed by atoms with E-state index in [0.717, 1.165) is 32.0 Å². The quantitative estimate of drug-likeness (QED) is 0.902. The maximum atomic E-state index is 12.4. The normalized spacial score (nSPS) is 17.1. The first-order chi connectivity index (χ1) is 11.2. The van der Waals surface area contributed by atoms with Crippen molar-refractivity contribution in [3.05, 3.63) is 39.8 Å². The second-order valence-electron chi connectivity index (χ2n) is 5.66. The summed E-state index contributed by atoms with van der Waals surface area (Å²) in [5, 5.41) is 9.28. The maximum absolute atomic E-state index is 12.4. The number of aromatic nitrogens is 2. The summed E-state index contributed by atoms with van der Waals surface area (Å²) in [6, 6.07) is 4.38. The Morgan fingerprint density at radius 3 is 2.87 bits per heavy atom. The fourth-order valence-corrected chi connectivity index (χ4v) is 3.65. The van der Waals surface area contributed by atoms with Crippen molar-refractivity contribution in [2.75, 3.05) is 32.8 Å². The number of amides is 1. The van der Waals surface area contributed by atoms with Crippen LogP contribution in [0, 0.1) is 6.92 Å². The molecule has 1 aliphatic rings. The smallest absolute Gasteiger partial charge is 0.254 e. The molecule has 1 saturated heterocycles. The molecule has 0 unspecified atom stereocenters. The Hall–Kier alpha value is -1.70. The molecular weight excluding hydrogens is 312 g/mol. The predicted octanol–water partition coefficient (Wildman–Crippen LogP) is 1.59. The van der Waals surface area contributed by atoms with Crippen LogP contribution in [0.5, 0.6) is 0 Å². The molecule has 7 heteroatoms. The van der Waals surface area contributed by atoms with Crippen LogP contribution in [0.3, 0.4) is 0 Å². The lowest BCUT2D eigenvalue weighted by Crippen LogP contribution is -2.43. The number of morpholine rings is 1. The Kier molecular flexibility index (Phi) is 5.09. The second kappa shape index (κ2) is 7.25. The molecule has 3 heterocycles. The summed E-state index contributed by atoms with van der Waals surface area (Å²) < 4.78 is 7.16. The van der Waals surface area contributed by atoms with Crippen molar-refractivity contribution in [2.24, 2.45) is 7.05 Å². The summed E-state index contributed by atoms with van der Waals surface area (Å²) in [6.07, 6.45) is 1.62. The Morgan fingerprint density at radius 1 is 1.48 bits per heavy atom. The molecule has 1 N–H and O–H groups in total. The van der Waals surface area contributed by atoms with E-state index < -0.39 is 0 Å². The number of nitrogens with one attached hydrogen (secondary N) is 1. The Labute approximate surface area is 140 Å². The van der Waals surface area contributed by atoms with E-state index in [1.54, 1.807) is 22.2 Å². The highest BCUT2D eigenvalue weighted by atomic mass is 32.1. The number of ether oxygens (including phenoxy) is 1. The van der Waals surface area contributed by atoms with Gasteiger partial charge in [0.25, 0.3) is 5.91 Å². The van der Waals surface area contributed by atoms with Crippen LogP contribution in [-0.4, -0.2) is 53.4 Å². The third-order valence-corrected chi connectivity index (χ3v) is 5.27. The van der Waals surface area contributed by atoms with Crippen molar-refractivity contribution < 1.29 is 9.53 Å². The van der Waals surface area contributed by atoms with Crippen molar-refractivity contribution in [1.29, 1.82) is 0 Å². The van der Waals surface area contributed by atoms with E-state index in [2.05, 4.69) is 32.8 Å². The molecule has 2 aromatic heterocycles. The fourth-order valence-electron chi connectivity index (χ4n) is 2.79. The molecule has 124 valence electrons. The van der Waals surface area contributed by atoms with Gasteiger partial charge in [0, 0.05) is 37.3 Å². The van der Waals surface area contributed by atoms with E-state index in [9.17, 15) is 4.79 Å². The molecule has 1 atom stereocenters. The van der Waals surface area contributed by atoms with Gasteiger partial charge in [0.05, 0.1) is 31.0 Å². The Morgan fingerprint density at radius 2 is 2.26 bits per heavy atom. The number of hydrogen-bond donors (Lipinski definition) is 1. The van der Waals surface area contributed by atoms with Gasteiger partial charge in [-0.1, -0.05) is 6.07 Å². The SMILES string of the molecule is Cc1c(C(=O)NC[C@H](c2cccs2)N2CCOCC2)cnn1C. The molecule has 0 spiro atoms.